The third-order valence-electron chi connectivity index (χ3n) is 3.33. The molecule has 22 heavy (non-hydrogen) atoms. The van der Waals surface area contributed by atoms with Crippen molar-refractivity contribution in [1.29, 1.82) is 0 Å². The molecule has 1 aromatic carbocycles. The third kappa shape index (κ3) is 3.80. The number of rotatable bonds is 5. The molecule has 0 radical (unpaired) electrons. The highest BCUT2D eigenvalue weighted by Crippen LogP contribution is 2.16. The first-order valence-corrected chi connectivity index (χ1v) is 8.03. The van der Waals surface area contributed by atoms with Crippen molar-refractivity contribution >= 4 is 22.9 Å². The van der Waals surface area contributed by atoms with Crippen LogP contribution in [0.2, 0.25) is 0 Å². The Morgan fingerprint density at radius 2 is 2.00 bits per heavy atom. The van der Waals surface area contributed by atoms with Crippen molar-refractivity contribution < 1.29 is 4.79 Å². The molecule has 3 nitrogen and oxygen atoms in total. The molecule has 0 fully saturated rings. The number of hydrogen-bond acceptors (Lipinski definition) is 3. The molecular formula is C18H16N2OS. The molecule has 1 N–H and O–H groups in total. The summed E-state index contributed by atoms with van der Waals surface area (Å²) in [5.74, 6) is -0.0584. The van der Waals surface area contributed by atoms with Gasteiger partial charge in [0.2, 0.25) is 0 Å². The van der Waals surface area contributed by atoms with E-state index in [9.17, 15) is 4.79 Å². The molecule has 0 unspecified atom stereocenters. The van der Waals surface area contributed by atoms with Gasteiger partial charge in [-0.1, -0.05) is 24.3 Å². The molecule has 0 bridgehead atoms. The van der Waals surface area contributed by atoms with Gasteiger partial charge in [-0.25, -0.2) is 0 Å². The van der Waals surface area contributed by atoms with E-state index in [2.05, 4.69) is 16.4 Å². The lowest BCUT2D eigenvalue weighted by Gasteiger charge is -2.07. The van der Waals surface area contributed by atoms with Crippen LogP contribution in [0.15, 0.2) is 66.2 Å². The maximum atomic E-state index is 12.1. The molecule has 0 aliphatic heterocycles. The van der Waals surface area contributed by atoms with Gasteiger partial charge in [0, 0.05) is 17.6 Å². The van der Waals surface area contributed by atoms with Gasteiger partial charge in [-0.05, 0) is 54.1 Å². The molecule has 0 saturated heterocycles. The number of pyridine rings is 1. The summed E-state index contributed by atoms with van der Waals surface area (Å²) in [5.41, 5.74) is 3.10. The van der Waals surface area contributed by atoms with Crippen LogP contribution in [0.25, 0.3) is 0 Å². The number of nitrogens with one attached hydrogen (secondary N) is 1. The Balaban J connectivity index is 1.64. The van der Waals surface area contributed by atoms with Gasteiger partial charge >= 0.3 is 0 Å². The molecule has 0 saturated carbocycles. The molecule has 0 aliphatic rings. The van der Waals surface area contributed by atoms with Gasteiger partial charge in [0.15, 0.2) is 0 Å². The minimum absolute atomic E-state index is 0.0584. The lowest BCUT2D eigenvalue weighted by Crippen LogP contribution is -2.10. The maximum absolute atomic E-state index is 12.1. The average Bonchev–Trinajstić information content (AvgIpc) is 3.09. The summed E-state index contributed by atoms with van der Waals surface area (Å²) < 4.78 is 0. The lowest BCUT2D eigenvalue weighted by molar-refractivity contribution is 0.103. The number of hydrogen-bond donors (Lipinski definition) is 1. The van der Waals surface area contributed by atoms with Gasteiger partial charge in [0.1, 0.15) is 0 Å². The van der Waals surface area contributed by atoms with Crippen LogP contribution in [-0.4, -0.2) is 10.9 Å². The summed E-state index contributed by atoms with van der Waals surface area (Å²) in [6, 6.07) is 17.6. The molecule has 110 valence electrons. The monoisotopic (exact) mass is 308 g/mol. The molecule has 0 aliphatic carbocycles. The first-order valence-electron chi connectivity index (χ1n) is 7.15. The minimum atomic E-state index is -0.0584. The summed E-state index contributed by atoms with van der Waals surface area (Å²) >= 11 is 1.44. The van der Waals surface area contributed by atoms with Gasteiger partial charge in [-0.2, -0.15) is 0 Å². The van der Waals surface area contributed by atoms with E-state index in [1.165, 1.54) is 16.9 Å². The molecule has 0 atom stereocenters. The first kappa shape index (κ1) is 14.5. The van der Waals surface area contributed by atoms with Gasteiger partial charge in [0.05, 0.1) is 4.88 Å². The Morgan fingerprint density at radius 3 is 2.77 bits per heavy atom. The van der Waals surface area contributed by atoms with Crippen molar-refractivity contribution in [3.05, 3.63) is 82.3 Å². The summed E-state index contributed by atoms with van der Waals surface area (Å²) in [6.07, 6.45) is 3.61. The topological polar surface area (TPSA) is 42.0 Å². The van der Waals surface area contributed by atoms with Crippen molar-refractivity contribution in [2.75, 3.05) is 5.32 Å². The van der Waals surface area contributed by atoms with Crippen molar-refractivity contribution in [3.8, 4) is 0 Å². The second-order valence-corrected chi connectivity index (χ2v) is 5.90. The van der Waals surface area contributed by atoms with Crippen LogP contribution >= 0.6 is 11.3 Å². The van der Waals surface area contributed by atoms with E-state index in [1.807, 2.05) is 60.1 Å². The minimum Gasteiger partial charge on any atom is -0.321 e. The first-order chi connectivity index (χ1) is 10.8. The molecule has 0 spiro atoms. The highest BCUT2D eigenvalue weighted by Gasteiger charge is 2.07. The fourth-order valence-corrected chi connectivity index (χ4v) is 2.84. The van der Waals surface area contributed by atoms with Crippen LogP contribution in [0.4, 0.5) is 5.69 Å². The largest absolute Gasteiger partial charge is 0.321 e. The number of amides is 1. The standard InChI is InChI=1S/C18H16N2OS/c21-18(17-8-4-12-22-17)20-16-7-3-5-14(13-16)9-10-15-6-1-2-11-19-15/h1-8,11-13H,9-10H2,(H,20,21). The van der Waals surface area contributed by atoms with Crippen molar-refractivity contribution in [2.45, 2.75) is 12.8 Å². The number of aromatic nitrogens is 1. The van der Waals surface area contributed by atoms with Gasteiger partial charge in [0.25, 0.3) is 5.91 Å². The third-order valence-corrected chi connectivity index (χ3v) is 4.19. The quantitative estimate of drug-likeness (QED) is 0.768. The summed E-state index contributed by atoms with van der Waals surface area (Å²) in [6.45, 7) is 0. The van der Waals surface area contributed by atoms with Crippen LogP contribution in [-0.2, 0) is 12.8 Å². The van der Waals surface area contributed by atoms with Crippen molar-refractivity contribution in [2.24, 2.45) is 0 Å². The van der Waals surface area contributed by atoms with E-state index in [0.717, 1.165) is 29.1 Å². The van der Waals surface area contributed by atoms with Gasteiger partial charge in [-0.15, -0.1) is 11.3 Å². The number of aryl methyl sites for hydroxylation is 2. The zero-order valence-corrected chi connectivity index (χ0v) is 12.8. The maximum Gasteiger partial charge on any atom is 0.265 e. The summed E-state index contributed by atoms with van der Waals surface area (Å²) in [7, 11) is 0. The SMILES string of the molecule is O=C(Nc1cccc(CCc2ccccn2)c1)c1cccs1. The van der Waals surface area contributed by atoms with Gasteiger partial charge in [-0.3, -0.25) is 9.78 Å². The Bertz CT molecular complexity index is 739. The molecule has 4 heteroatoms. The smallest absolute Gasteiger partial charge is 0.265 e. The highest BCUT2D eigenvalue weighted by molar-refractivity contribution is 7.12. The second-order valence-electron chi connectivity index (χ2n) is 4.95. The number of carbonyl (C=O) groups excluding carboxylic acids is 1. The average molecular weight is 308 g/mol. The number of carbonyl (C=O) groups is 1. The number of nitrogens with zero attached hydrogens (tertiary/aromatic N) is 1. The van der Waals surface area contributed by atoms with Gasteiger partial charge < -0.3 is 5.32 Å². The van der Waals surface area contributed by atoms with Crippen LogP contribution in [0.5, 0.6) is 0 Å². The predicted octanol–water partition coefficient (Wildman–Crippen LogP) is 4.18. The molecule has 2 heterocycles. The van der Waals surface area contributed by atoms with E-state index < -0.39 is 0 Å². The number of thiophene rings is 1. The molecular weight excluding hydrogens is 292 g/mol. The van der Waals surface area contributed by atoms with E-state index in [-0.39, 0.29) is 5.91 Å². The van der Waals surface area contributed by atoms with E-state index in [1.54, 1.807) is 0 Å². The Kier molecular flexibility index (Phi) is 4.61. The summed E-state index contributed by atoms with van der Waals surface area (Å²) in [4.78, 5) is 17.1. The predicted molar refractivity (Wildman–Crippen MR) is 90.4 cm³/mol. The Morgan fingerprint density at radius 1 is 1.05 bits per heavy atom. The highest BCUT2D eigenvalue weighted by atomic mass is 32.1. The molecule has 2 aromatic heterocycles. The van der Waals surface area contributed by atoms with Crippen LogP contribution in [0.1, 0.15) is 20.9 Å². The van der Waals surface area contributed by atoms with E-state index >= 15 is 0 Å². The summed E-state index contributed by atoms with van der Waals surface area (Å²) in [5, 5.41) is 4.84. The van der Waals surface area contributed by atoms with Crippen molar-refractivity contribution in [1.82, 2.24) is 4.98 Å². The fourth-order valence-electron chi connectivity index (χ4n) is 2.22. The van der Waals surface area contributed by atoms with Crippen LogP contribution in [0, 0.1) is 0 Å². The van der Waals surface area contributed by atoms with Crippen molar-refractivity contribution in [3.63, 3.8) is 0 Å². The normalized spacial score (nSPS) is 10.4. The number of anilines is 1. The number of benzene rings is 1. The van der Waals surface area contributed by atoms with E-state index in [0.29, 0.717) is 0 Å². The Hall–Kier alpha value is -2.46. The van der Waals surface area contributed by atoms with Crippen LogP contribution < -0.4 is 5.32 Å². The van der Waals surface area contributed by atoms with Crippen LogP contribution in [0.3, 0.4) is 0 Å². The zero-order chi connectivity index (χ0) is 15.2. The fraction of sp³-hybridized carbons (Fsp3) is 0.111. The second kappa shape index (κ2) is 7.00. The Labute approximate surface area is 133 Å². The molecule has 1 amide bonds. The van der Waals surface area contributed by atoms with E-state index in [4.69, 9.17) is 0 Å². The molecule has 3 aromatic rings. The molecule has 3 rings (SSSR count). The zero-order valence-electron chi connectivity index (χ0n) is 12.0. The lowest BCUT2D eigenvalue weighted by atomic mass is 10.1.